The van der Waals surface area contributed by atoms with Crippen molar-refractivity contribution in [2.24, 2.45) is 4.99 Å². The molecule has 0 atom stereocenters. The third kappa shape index (κ3) is 6.55. The fourth-order valence-electron chi connectivity index (χ4n) is 2.89. The number of nitrogens with one attached hydrogen (secondary N) is 2. The summed E-state index contributed by atoms with van der Waals surface area (Å²) in [4.78, 5) is 4.67. The molecule has 3 rings (SSSR count). The number of guanidine groups is 1. The number of ether oxygens (including phenoxy) is 2. The maximum Gasteiger partial charge on any atom is 0.191 e. The lowest BCUT2D eigenvalue weighted by atomic mass is 10.2. The van der Waals surface area contributed by atoms with E-state index in [-0.39, 0.29) is 0 Å². The van der Waals surface area contributed by atoms with Crippen LogP contribution in [0.5, 0.6) is 17.2 Å². The molecule has 0 aliphatic carbocycles. The van der Waals surface area contributed by atoms with Crippen LogP contribution < -0.4 is 20.1 Å². The van der Waals surface area contributed by atoms with Crippen LogP contribution in [0.25, 0.3) is 0 Å². The average Bonchev–Trinajstić information content (AvgIpc) is 3.30. The highest BCUT2D eigenvalue weighted by atomic mass is 16.5. The molecule has 1 aromatic heterocycles. The molecular weight excluding hydrogens is 378 g/mol. The first kappa shape index (κ1) is 21.2. The number of methoxy groups -OCH3 is 1. The van der Waals surface area contributed by atoms with Gasteiger partial charge in [-0.2, -0.15) is 5.10 Å². The monoisotopic (exact) mass is 407 g/mol. The zero-order valence-electron chi connectivity index (χ0n) is 17.5. The Balaban J connectivity index is 1.51. The summed E-state index contributed by atoms with van der Waals surface area (Å²) >= 11 is 0. The van der Waals surface area contributed by atoms with Gasteiger partial charge in [-0.05, 0) is 49.2 Å². The summed E-state index contributed by atoms with van der Waals surface area (Å²) in [7, 11) is 1.64. The van der Waals surface area contributed by atoms with Gasteiger partial charge in [-0.15, -0.1) is 0 Å². The number of benzene rings is 2. The van der Waals surface area contributed by atoms with Crippen molar-refractivity contribution in [1.29, 1.82) is 0 Å². The molecule has 3 aromatic rings. The van der Waals surface area contributed by atoms with Crippen LogP contribution in [0.15, 0.2) is 72.0 Å². The fraction of sp³-hybridized carbons (Fsp3) is 0.304. The molecule has 2 N–H and O–H groups in total. The highest BCUT2D eigenvalue weighted by Crippen LogP contribution is 2.30. The van der Waals surface area contributed by atoms with E-state index in [1.54, 1.807) is 13.3 Å². The Morgan fingerprint density at radius 2 is 1.83 bits per heavy atom. The SMILES string of the molecule is CCNC(=NCc1ccc(Oc2ccccc2OC)cc1)NCCCn1cccn1. The first-order valence-corrected chi connectivity index (χ1v) is 10.2. The van der Waals surface area contributed by atoms with Crippen LogP contribution in [0.1, 0.15) is 18.9 Å². The van der Waals surface area contributed by atoms with E-state index in [0.29, 0.717) is 18.0 Å². The molecule has 1 heterocycles. The Bertz CT molecular complexity index is 908. The number of para-hydroxylation sites is 2. The smallest absolute Gasteiger partial charge is 0.191 e. The van der Waals surface area contributed by atoms with Crippen molar-refractivity contribution in [2.75, 3.05) is 20.2 Å². The second-order valence-electron chi connectivity index (χ2n) is 6.64. The number of aryl methyl sites for hydroxylation is 1. The van der Waals surface area contributed by atoms with E-state index >= 15 is 0 Å². The maximum absolute atomic E-state index is 5.92. The van der Waals surface area contributed by atoms with E-state index in [1.807, 2.05) is 65.5 Å². The molecular formula is C23H29N5O2. The van der Waals surface area contributed by atoms with Crippen LogP contribution in [0.2, 0.25) is 0 Å². The zero-order valence-corrected chi connectivity index (χ0v) is 17.5. The van der Waals surface area contributed by atoms with Crippen LogP contribution in [0.4, 0.5) is 0 Å². The Labute approximate surface area is 177 Å². The Morgan fingerprint density at radius 1 is 1.03 bits per heavy atom. The first-order chi connectivity index (χ1) is 14.8. The largest absolute Gasteiger partial charge is 0.493 e. The van der Waals surface area contributed by atoms with Gasteiger partial charge in [-0.3, -0.25) is 4.68 Å². The van der Waals surface area contributed by atoms with Crippen LogP contribution >= 0.6 is 0 Å². The van der Waals surface area contributed by atoms with Crippen molar-refractivity contribution in [3.8, 4) is 17.2 Å². The Morgan fingerprint density at radius 3 is 2.53 bits per heavy atom. The van der Waals surface area contributed by atoms with Gasteiger partial charge in [-0.1, -0.05) is 24.3 Å². The summed E-state index contributed by atoms with van der Waals surface area (Å²) in [5, 5.41) is 10.9. The van der Waals surface area contributed by atoms with Crippen LogP contribution in [0.3, 0.4) is 0 Å². The lowest BCUT2D eigenvalue weighted by Crippen LogP contribution is -2.38. The highest BCUT2D eigenvalue weighted by Gasteiger charge is 2.04. The van der Waals surface area contributed by atoms with Gasteiger partial charge in [0, 0.05) is 32.0 Å². The number of aliphatic imine (C=N–C) groups is 1. The predicted octanol–water partition coefficient (Wildman–Crippen LogP) is 3.83. The average molecular weight is 408 g/mol. The van der Waals surface area contributed by atoms with Gasteiger partial charge in [-0.25, -0.2) is 4.99 Å². The number of hydrogen-bond donors (Lipinski definition) is 2. The van der Waals surface area contributed by atoms with Crippen molar-refractivity contribution in [1.82, 2.24) is 20.4 Å². The van der Waals surface area contributed by atoms with Gasteiger partial charge >= 0.3 is 0 Å². The number of hydrogen-bond acceptors (Lipinski definition) is 4. The molecule has 0 aliphatic heterocycles. The molecule has 2 aromatic carbocycles. The molecule has 0 unspecified atom stereocenters. The van der Waals surface area contributed by atoms with E-state index in [1.165, 1.54) is 0 Å². The molecule has 0 spiro atoms. The van der Waals surface area contributed by atoms with Crippen molar-refractivity contribution < 1.29 is 9.47 Å². The van der Waals surface area contributed by atoms with E-state index in [0.717, 1.165) is 43.3 Å². The standard InChI is InChI=1S/C23H29N5O2/c1-3-24-23(25-14-6-16-28-17-7-15-27-28)26-18-19-10-12-20(13-11-19)30-22-9-5-4-8-21(22)29-2/h4-5,7-13,15,17H,3,6,14,16,18H2,1-2H3,(H2,24,25,26). The Kier molecular flexibility index (Phi) is 8.14. The molecule has 158 valence electrons. The first-order valence-electron chi connectivity index (χ1n) is 10.2. The van der Waals surface area contributed by atoms with Gasteiger partial charge in [0.05, 0.1) is 13.7 Å². The highest BCUT2D eigenvalue weighted by molar-refractivity contribution is 5.79. The summed E-state index contributed by atoms with van der Waals surface area (Å²) in [6.45, 7) is 5.18. The van der Waals surface area contributed by atoms with E-state index < -0.39 is 0 Å². The summed E-state index contributed by atoms with van der Waals surface area (Å²) in [6, 6.07) is 17.5. The summed E-state index contributed by atoms with van der Waals surface area (Å²) in [5.41, 5.74) is 1.11. The predicted molar refractivity (Wildman–Crippen MR) is 119 cm³/mol. The van der Waals surface area contributed by atoms with Gasteiger partial charge in [0.2, 0.25) is 0 Å². The molecule has 0 aliphatic rings. The topological polar surface area (TPSA) is 72.7 Å². The third-order valence-electron chi connectivity index (χ3n) is 4.40. The lowest BCUT2D eigenvalue weighted by Gasteiger charge is -2.12. The number of nitrogens with zero attached hydrogens (tertiary/aromatic N) is 3. The maximum atomic E-state index is 5.92. The molecule has 0 saturated carbocycles. The van der Waals surface area contributed by atoms with Crippen molar-refractivity contribution in [3.05, 3.63) is 72.6 Å². The lowest BCUT2D eigenvalue weighted by molar-refractivity contribution is 0.379. The Hall–Kier alpha value is -3.48. The van der Waals surface area contributed by atoms with Crippen molar-refractivity contribution >= 4 is 5.96 Å². The molecule has 7 nitrogen and oxygen atoms in total. The van der Waals surface area contributed by atoms with Crippen LogP contribution in [-0.2, 0) is 13.1 Å². The van der Waals surface area contributed by atoms with Crippen LogP contribution in [0, 0.1) is 0 Å². The van der Waals surface area contributed by atoms with E-state index in [9.17, 15) is 0 Å². The quantitative estimate of drug-likeness (QED) is 0.304. The van der Waals surface area contributed by atoms with Crippen LogP contribution in [-0.4, -0.2) is 35.9 Å². The zero-order chi connectivity index (χ0) is 21.0. The fourth-order valence-corrected chi connectivity index (χ4v) is 2.89. The van der Waals surface area contributed by atoms with E-state index in [4.69, 9.17) is 9.47 Å². The minimum absolute atomic E-state index is 0.587. The minimum atomic E-state index is 0.587. The summed E-state index contributed by atoms with van der Waals surface area (Å²) in [6.07, 6.45) is 4.74. The molecule has 0 saturated heterocycles. The molecule has 0 amide bonds. The number of rotatable bonds is 10. The summed E-state index contributed by atoms with van der Waals surface area (Å²) < 4.78 is 13.2. The third-order valence-corrected chi connectivity index (χ3v) is 4.40. The minimum Gasteiger partial charge on any atom is -0.493 e. The molecule has 30 heavy (non-hydrogen) atoms. The second kappa shape index (κ2) is 11.5. The number of aromatic nitrogens is 2. The van der Waals surface area contributed by atoms with Gasteiger partial charge < -0.3 is 20.1 Å². The molecule has 0 radical (unpaired) electrons. The van der Waals surface area contributed by atoms with Crippen molar-refractivity contribution in [3.63, 3.8) is 0 Å². The van der Waals surface area contributed by atoms with Gasteiger partial charge in [0.25, 0.3) is 0 Å². The molecule has 7 heteroatoms. The van der Waals surface area contributed by atoms with Gasteiger partial charge in [0.1, 0.15) is 5.75 Å². The molecule has 0 bridgehead atoms. The molecule has 0 fully saturated rings. The van der Waals surface area contributed by atoms with E-state index in [2.05, 4.69) is 27.6 Å². The second-order valence-corrected chi connectivity index (χ2v) is 6.64. The normalized spacial score (nSPS) is 11.2. The van der Waals surface area contributed by atoms with Gasteiger partial charge in [0.15, 0.2) is 17.5 Å². The summed E-state index contributed by atoms with van der Waals surface area (Å²) in [5.74, 6) is 2.97. The van der Waals surface area contributed by atoms with Crippen molar-refractivity contribution in [2.45, 2.75) is 26.4 Å².